The molecule has 0 heterocycles. The summed E-state index contributed by atoms with van der Waals surface area (Å²) in [6.07, 6.45) is 2.23. The van der Waals surface area contributed by atoms with E-state index in [-0.39, 0.29) is 23.7 Å². The van der Waals surface area contributed by atoms with Crippen LogP contribution in [-0.2, 0) is 26.7 Å². The van der Waals surface area contributed by atoms with Crippen molar-refractivity contribution >= 4 is 16.0 Å². The first-order valence-corrected chi connectivity index (χ1v) is 9.86. The van der Waals surface area contributed by atoms with Gasteiger partial charge in [0.25, 0.3) is 0 Å². The first kappa shape index (κ1) is 18.5. The van der Waals surface area contributed by atoms with Gasteiger partial charge in [0, 0.05) is 12.0 Å². The highest BCUT2D eigenvalue weighted by Crippen LogP contribution is 2.44. The largest absolute Gasteiger partial charge is 0.481 e. The highest BCUT2D eigenvalue weighted by molar-refractivity contribution is 7.89. The van der Waals surface area contributed by atoms with Gasteiger partial charge in [0.15, 0.2) is 0 Å². The summed E-state index contributed by atoms with van der Waals surface area (Å²) in [5.74, 6) is -1.29. The molecule has 0 unspecified atom stereocenters. The summed E-state index contributed by atoms with van der Waals surface area (Å²) in [7, 11) is -3.76. The minimum Gasteiger partial charge on any atom is -0.481 e. The molecule has 2 N–H and O–H groups in total. The number of benzene rings is 2. The predicted molar refractivity (Wildman–Crippen MR) is 94.9 cm³/mol. The minimum atomic E-state index is -3.76. The lowest BCUT2D eigenvalue weighted by atomic mass is 9.64. The second kappa shape index (κ2) is 7.17. The fraction of sp³-hybridized carbons (Fsp3) is 0.316. The topological polar surface area (TPSA) is 83.5 Å². The monoisotopic (exact) mass is 377 g/mol. The smallest absolute Gasteiger partial charge is 0.307 e. The maximum atomic E-state index is 14.2. The van der Waals surface area contributed by atoms with E-state index in [1.54, 1.807) is 18.2 Å². The van der Waals surface area contributed by atoms with E-state index in [9.17, 15) is 17.6 Å². The normalized spacial score (nSPS) is 16.0. The van der Waals surface area contributed by atoms with Gasteiger partial charge in [-0.15, -0.1) is 0 Å². The molecule has 3 rings (SSSR count). The third-order valence-electron chi connectivity index (χ3n) is 4.95. The Morgan fingerprint density at radius 3 is 2.31 bits per heavy atom. The molecule has 2 aromatic rings. The molecule has 0 spiro atoms. The summed E-state index contributed by atoms with van der Waals surface area (Å²) < 4.78 is 41.9. The number of carboxylic acids is 1. The number of sulfonamides is 1. The van der Waals surface area contributed by atoms with Crippen molar-refractivity contribution in [3.05, 3.63) is 65.5 Å². The van der Waals surface area contributed by atoms with Crippen molar-refractivity contribution in [2.75, 3.05) is 6.54 Å². The van der Waals surface area contributed by atoms with E-state index in [1.807, 2.05) is 0 Å². The third kappa shape index (κ3) is 3.78. The van der Waals surface area contributed by atoms with Gasteiger partial charge in [0.2, 0.25) is 10.0 Å². The molecule has 2 aromatic carbocycles. The van der Waals surface area contributed by atoms with Crippen LogP contribution in [0.2, 0.25) is 0 Å². The average Bonchev–Trinajstić information content (AvgIpc) is 2.55. The SMILES string of the molecule is O=C(O)Cc1ccc(S(=O)(=O)NCC2(c3ccccc3F)CCC2)cc1. The Balaban J connectivity index is 1.75. The zero-order valence-electron chi connectivity index (χ0n) is 14.1. The molecule has 26 heavy (non-hydrogen) atoms. The van der Waals surface area contributed by atoms with E-state index < -0.39 is 21.4 Å². The standard InChI is InChI=1S/C19H20FNO4S/c20-17-5-2-1-4-16(17)19(10-3-11-19)13-21-26(24,25)15-8-6-14(7-9-15)12-18(22)23/h1-2,4-9,21H,3,10-13H2,(H,22,23). The molecule has 0 amide bonds. The number of nitrogens with one attached hydrogen (secondary N) is 1. The molecule has 7 heteroatoms. The van der Waals surface area contributed by atoms with Gasteiger partial charge in [-0.2, -0.15) is 0 Å². The number of hydrogen-bond donors (Lipinski definition) is 2. The molecule has 1 aliphatic rings. The zero-order chi connectivity index (χ0) is 18.8. The van der Waals surface area contributed by atoms with Crippen LogP contribution in [0, 0.1) is 5.82 Å². The molecule has 0 saturated heterocycles. The van der Waals surface area contributed by atoms with Gasteiger partial charge in [-0.1, -0.05) is 36.8 Å². The summed E-state index contributed by atoms with van der Waals surface area (Å²) in [6, 6.07) is 12.2. The van der Waals surface area contributed by atoms with Crippen LogP contribution in [-0.4, -0.2) is 26.0 Å². The van der Waals surface area contributed by atoms with E-state index in [1.165, 1.54) is 30.3 Å². The Labute approximate surface area is 151 Å². The average molecular weight is 377 g/mol. The van der Waals surface area contributed by atoms with E-state index in [4.69, 9.17) is 5.11 Å². The lowest BCUT2D eigenvalue weighted by Gasteiger charge is -2.42. The van der Waals surface area contributed by atoms with Gasteiger partial charge in [0.1, 0.15) is 5.82 Å². The quantitative estimate of drug-likeness (QED) is 0.777. The van der Waals surface area contributed by atoms with Crippen molar-refractivity contribution in [3.63, 3.8) is 0 Å². The van der Waals surface area contributed by atoms with E-state index in [0.717, 1.165) is 19.3 Å². The second-order valence-electron chi connectivity index (χ2n) is 6.65. The number of carboxylic acid groups (broad SMARTS) is 1. The predicted octanol–water partition coefficient (Wildman–Crippen LogP) is 2.85. The summed E-state index contributed by atoms with van der Waals surface area (Å²) >= 11 is 0. The summed E-state index contributed by atoms with van der Waals surface area (Å²) in [5.41, 5.74) is 0.561. The molecule has 138 valence electrons. The molecular weight excluding hydrogens is 357 g/mol. The van der Waals surface area contributed by atoms with Crippen molar-refractivity contribution in [1.82, 2.24) is 4.72 Å². The van der Waals surface area contributed by atoms with Crippen molar-refractivity contribution in [2.24, 2.45) is 0 Å². The Morgan fingerprint density at radius 1 is 1.12 bits per heavy atom. The summed E-state index contributed by atoms with van der Waals surface area (Å²) in [6.45, 7) is 0.132. The van der Waals surface area contributed by atoms with Gasteiger partial charge < -0.3 is 5.11 Å². The summed E-state index contributed by atoms with van der Waals surface area (Å²) in [4.78, 5) is 10.8. The first-order valence-electron chi connectivity index (χ1n) is 8.38. The van der Waals surface area contributed by atoms with Gasteiger partial charge in [-0.05, 0) is 42.2 Å². The van der Waals surface area contributed by atoms with Gasteiger partial charge in [-0.25, -0.2) is 17.5 Å². The molecule has 0 radical (unpaired) electrons. The number of carbonyl (C=O) groups is 1. The van der Waals surface area contributed by atoms with Crippen molar-refractivity contribution in [2.45, 2.75) is 36.0 Å². The fourth-order valence-electron chi connectivity index (χ4n) is 3.31. The van der Waals surface area contributed by atoms with E-state index in [2.05, 4.69) is 4.72 Å². The number of halogens is 1. The second-order valence-corrected chi connectivity index (χ2v) is 8.42. The lowest BCUT2D eigenvalue weighted by Crippen LogP contribution is -2.46. The van der Waals surface area contributed by atoms with Crippen molar-refractivity contribution < 1.29 is 22.7 Å². The molecule has 0 bridgehead atoms. The Morgan fingerprint density at radius 2 is 1.77 bits per heavy atom. The Hall–Kier alpha value is -2.25. The molecule has 0 aliphatic heterocycles. The molecule has 1 saturated carbocycles. The van der Waals surface area contributed by atoms with Crippen molar-refractivity contribution in [3.8, 4) is 0 Å². The maximum absolute atomic E-state index is 14.2. The molecule has 0 atom stereocenters. The van der Waals surface area contributed by atoms with Crippen LogP contribution < -0.4 is 4.72 Å². The maximum Gasteiger partial charge on any atom is 0.307 e. The lowest BCUT2D eigenvalue weighted by molar-refractivity contribution is -0.136. The summed E-state index contributed by atoms with van der Waals surface area (Å²) in [5, 5.41) is 8.77. The van der Waals surface area contributed by atoms with Gasteiger partial charge in [0.05, 0.1) is 11.3 Å². The highest BCUT2D eigenvalue weighted by Gasteiger charge is 2.41. The van der Waals surface area contributed by atoms with Crippen LogP contribution in [0.25, 0.3) is 0 Å². The number of aliphatic carboxylic acids is 1. The van der Waals surface area contributed by atoms with Crippen LogP contribution in [0.15, 0.2) is 53.4 Å². The molecule has 5 nitrogen and oxygen atoms in total. The molecule has 0 aromatic heterocycles. The molecular formula is C19H20FNO4S. The third-order valence-corrected chi connectivity index (χ3v) is 6.36. The first-order chi connectivity index (χ1) is 12.3. The van der Waals surface area contributed by atoms with E-state index >= 15 is 0 Å². The fourth-order valence-corrected chi connectivity index (χ4v) is 4.44. The molecule has 1 fully saturated rings. The zero-order valence-corrected chi connectivity index (χ0v) is 14.9. The minimum absolute atomic E-state index is 0.0645. The van der Waals surface area contributed by atoms with Crippen LogP contribution in [0.4, 0.5) is 4.39 Å². The van der Waals surface area contributed by atoms with Crippen LogP contribution in [0.1, 0.15) is 30.4 Å². The van der Waals surface area contributed by atoms with Crippen LogP contribution in [0.3, 0.4) is 0 Å². The molecule has 1 aliphatic carbocycles. The Kier molecular flexibility index (Phi) is 5.11. The highest BCUT2D eigenvalue weighted by atomic mass is 32.2. The number of rotatable bonds is 7. The number of hydrogen-bond acceptors (Lipinski definition) is 3. The van der Waals surface area contributed by atoms with E-state index in [0.29, 0.717) is 11.1 Å². The van der Waals surface area contributed by atoms with Crippen LogP contribution >= 0.6 is 0 Å². The van der Waals surface area contributed by atoms with Crippen molar-refractivity contribution in [1.29, 1.82) is 0 Å². The van der Waals surface area contributed by atoms with Crippen LogP contribution in [0.5, 0.6) is 0 Å². The van der Waals surface area contributed by atoms with Gasteiger partial charge >= 0.3 is 5.97 Å². The van der Waals surface area contributed by atoms with Gasteiger partial charge in [-0.3, -0.25) is 4.79 Å². The Bertz CT molecular complexity index is 905.